The summed E-state index contributed by atoms with van der Waals surface area (Å²) in [5.74, 6) is 1.72. The van der Waals surface area contributed by atoms with E-state index in [9.17, 15) is 9.90 Å². The summed E-state index contributed by atoms with van der Waals surface area (Å²) in [5.41, 5.74) is 5.21. The second-order valence-electron chi connectivity index (χ2n) is 9.52. The number of amides is 1. The minimum atomic E-state index is -0.718. The molecule has 0 unspecified atom stereocenters. The Labute approximate surface area is 205 Å². The lowest BCUT2D eigenvalue weighted by Gasteiger charge is -2.19. The van der Waals surface area contributed by atoms with Crippen LogP contribution in [-0.4, -0.2) is 44.7 Å². The summed E-state index contributed by atoms with van der Waals surface area (Å²) in [5, 5.41) is 10.9. The number of imidazole rings is 1. The second-order valence-corrected chi connectivity index (χ2v) is 9.52. The Morgan fingerprint density at radius 1 is 1.03 bits per heavy atom. The summed E-state index contributed by atoms with van der Waals surface area (Å²) in [7, 11) is 0. The van der Waals surface area contributed by atoms with Gasteiger partial charge in [-0.05, 0) is 54.8 Å². The summed E-state index contributed by atoms with van der Waals surface area (Å²) >= 11 is 0. The number of aliphatic hydroxyl groups is 1. The second kappa shape index (κ2) is 9.92. The largest absolute Gasteiger partial charge is 0.491 e. The number of aromatic nitrogens is 2. The first-order chi connectivity index (χ1) is 17.0. The van der Waals surface area contributed by atoms with Crippen molar-refractivity contribution in [3.63, 3.8) is 0 Å². The average Bonchev–Trinajstić information content (AvgIpc) is 3.38. The van der Waals surface area contributed by atoms with Gasteiger partial charge >= 0.3 is 0 Å². The zero-order chi connectivity index (χ0) is 24.4. The van der Waals surface area contributed by atoms with Gasteiger partial charge in [-0.2, -0.15) is 0 Å². The van der Waals surface area contributed by atoms with Crippen molar-refractivity contribution in [2.75, 3.05) is 13.2 Å². The van der Waals surface area contributed by atoms with E-state index in [1.165, 1.54) is 0 Å². The summed E-state index contributed by atoms with van der Waals surface area (Å²) in [6, 6.07) is 24.0. The van der Waals surface area contributed by atoms with Gasteiger partial charge in [-0.3, -0.25) is 4.79 Å². The monoisotopic (exact) mass is 469 g/mol. The normalized spacial score (nSPS) is 16.7. The number of para-hydroxylation sites is 2. The topological polar surface area (TPSA) is 67.6 Å². The number of nitrogens with zero attached hydrogens (tertiary/aromatic N) is 3. The molecule has 2 heterocycles. The van der Waals surface area contributed by atoms with Gasteiger partial charge in [-0.25, -0.2) is 4.98 Å². The fourth-order valence-electron chi connectivity index (χ4n) is 4.97. The lowest BCUT2D eigenvalue weighted by Crippen LogP contribution is -2.26. The first kappa shape index (κ1) is 23.1. The van der Waals surface area contributed by atoms with Crippen molar-refractivity contribution in [1.29, 1.82) is 0 Å². The number of ether oxygens (including phenoxy) is 1. The zero-order valence-electron chi connectivity index (χ0n) is 20.2. The van der Waals surface area contributed by atoms with Crippen molar-refractivity contribution in [2.45, 2.75) is 45.4 Å². The number of aliphatic hydroxyl groups excluding tert-OH is 1. The molecule has 3 aromatic carbocycles. The van der Waals surface area contributed by atoms with E-state index >= 15 is 0 Å². The molecule has 5 rings (SSSR count). The molecule has 1 amide bonds. The van der Waals surface area contributed by atoms with Crippen molar-refractivity contribution in [2.24, 2.45) is 0 Å². The average molecular weight is 470 g/mol. The lowest BCUT2D eigenvalue weighted by molar-refractivity contribution is -0.128. The van der Waals surface area contributed by atoms with Crippen LogP contribution in [0.25, 0.3) is 11.0 Å². The van der Waals surface area contributed by atoms with Crippen molar-refractivity contribution in [3.8, 4) is 5.75 Å². The molecule has 180 valence electrons. The number of carbonyl (C=O) groups excluding carboxylic acids is 1. The van der Waals surface area contributed by atoms with Crippen LogP contribution in [0, 0.1) is 13.8 Å². The summed E-state index contributed by atoms with van der Waals surface area (Å²) in [4.78, 5) is 19.6. The number of fused-ring (bicyclic) bond motifs is 1. The molecule has 1 aliphatic heterocycles. The number of hydrogen-bond acceptors (Lipinski definition) is 4. The molecule has 35 heavy (non-hydrogen) atoms. The van der Waals surface area contributed by atoms with Gasteiger partial charge in [0.05, 0.1) is 17.6 Å². The maximum atomic E-state index is 12.8. The van der Waals surface area contributed by atoms with Gasteiger partial charge in [-0.15, -0.1) is 0 Å². The smallest absolute Gasteiger partial charge is 0.223 e. The van der Waals surface area contributed by atoms with Crippen molar-refractivity contribution in [1.82, 2.24) is 14.5 Å². The van der Waals surface area contributed by atoms with Crippen LogP contribution in [0.3, 0.4) is 0 Å². The van der Waals surface area contributed by atoms with Crippen LogP contribution >= 0.6 is 0 Å². The molecule has 1 saturated heterocycles. The molecule has 6 nitrogen and oxygen atoms in total. The summed E-state index contributed by atoms with van der Waals surface area (Å²) < 4.78 is 7.97. The molecule has 2 atom stereocenters. The third kappa shape index (κ3) is 5.23. The van der Waals surface area contributed by atoms with Crippen LogP contribution in [0.5, 0.6) is 5.75 Å². The molecule has 0 spiro atoms. The van der Waals surface area contributed by atoms with E-state index in [0.717, 1.165) is 39.3 Å². The first-order valence-corrected chi connectivity index (χ1v) is 12.1. The third-order valence-corrected chi connectivity index (χ3v) is 6.51. The van der Waals surface area contributed by atoms with Crippen molar-refractivity contribution < 1.29 is 14.6 Å². The van der Waals surface area contributed by atoms with Crippen LogP contribution < -0.4 is 4.74 Å². The number of benzene rings is 3. The SMILES string of the molecule is Cc1cc(C)cc(OC[C@@H](O)Cn2c([C@H]3CC(=O)N(Cc4ccccc4)C3)nc3ccccc32)c1. The van der Waals surface area contributed by atoms with Crippen LogP contribution in [-0.2, 0) is 17.9 Å². The summed E-state index contributed by atoms with van der Waals surface area (Å²) in [6.45, 7) is 5.81. The van der Waals surface area contributed by atoms with Crippen LogP contribution in [0.4, 0.5) is 0 Å². The molecular formula is C29H31N3O3. The maximum Gasteiger partial charge on any atom is 0.223 e. The van der Waals surface area contributed by atoms with Gasteiger partial charge in [0.2, 0.25) is 5.91 Å². The Bertz CT molecular complexity index is 1310. The molecule has 0 bridgehead atoms. The van der Waals surface area contributed by atoms with Gasteiger partial charge in [0.25, 0.3) is 0 Å². The molecular weight excluding hydrogens is 438 g/mol. The van der Waals surface area contributed by atoms with Crippen LogP contribution in [0.2, 0.25) is 0 Å². The van der Waals surface area contributed by atoms with Gasteiger partial charge in [-0.1, -0.05) is 48.5 Å². The molecule has 0 radical (unpaired) electrons. The molecule has 0 saturated carbocycles. The van der Waals surface area contributed by atoms with Gasteiger partial charge in [0.1, 0.15) is 24.3 Å². The molecule has 4 aromatic rings. The van der Waals surface area contributed by atoms with Crippen LogP contribution in [0.1, 0.15) is 34.9 Å². The molecule has 1 aromatic heterocycles. The van der Waals surface area contributed by atoms with Gasteiger partial charge in [0.15, 0.2) is 0 Å². The minimum absolute atomic E-state index is 0.0221. The van der Waals surface area contributed by atoms with Gasteiger partial charge in [0, 0.05) is 25.4 Å². The number of carbonyl (C=O) groups is 1. The molecule has 0 aliphatic carbocycles. The third-order valence-electron chi connectivity index (χ3n) is 6.51. The zero-order valence-corrected chi connectivity index (χ0v) is 20.2. The highest BCUT2D eigenvalue weighted by atomic mass is 16.5. The van der Waals surface area contributed by atoms with Crippen molar-refractivity contribution in [3.05, 3.63) is 95.3 Å². The van der Waals surface area contributed by atoms with Crippen LogP contribution in [0.15, 0.2) is 72.8 Å². The van der Waals surface area contributed by atoms with E-state index in [2.05, 4.69) is 10.6 Å². The standard InChI is InChI=1S/C29H31N3O3/c1-20-12-21(2)14-25(13-20)35-19-24(33)18-32-27-11-7-6-10-26(27)30-29(32)23-15-28(34)31(17-23)16-22-8-4-3-5-9-22/h3-14,23-24,33H,15-19H2,1-2H3/t23-,24-/m0/s1. The minimum Gasteiger partial charge on any atom is -0.491 e. The Morgan fingerprint density at radius 2 is 1.74 bits per heavy atom. The summed E-state index contributed by atoms with van der Waals surface area (Å²) in [6.07, 6.45) is -0.296. The number of hydrogen-bond donors (Lipinski definition) is 1. The quantitative estimate of drug-likeness (QED) is 0.409. The van der Waals surface area contributed by atoms with Gasteiger partial charge < -0.3 is 19.3 Å². The van der Waals surface area contributed by atoms with Crippen molar-refractivity contribution >= 4 is 16.9 Å². The predicted octanol–water partition coefficient (Wildman–Crippen LogP) is 4.61. The Morgan fingerprint density at radius 3 is 2.51 bits per heavy atom. The molecule has 1 aliphatic rings. The van der Waals surface area contributed by atoms with E-state index < -0.39 is 6.10 Å². The lowest BCUT2D eigenvalue weighted by atomic mass is 10.1. The molecule has 1 N–H and O–H groups in total. The highest BCUT2D eigenvalue weighted by Crippen LogP contribution is 2.31. The number of aryl methyl sites for hydroxylation is 2. The maximum absolute atomic E-state index is 12.8. The number of rotatable bonds is 8. The molecule has 1 fully saturated rings. The first-order valence-electron chi connectivity index (χ1n) is 12.1. The predicted molar refractivity (Wildman–Crippen MR) is 136 cm³/mol. The number of likely N-dealkylation sites (tertiary alicyclic amines) is 1. The van der Waals surface area contributed by atoms with E-state index in [-0.39, 0.29) is 18.4 Å². The highest BCUT2D eigenvalue weighted by molar-refractivity contribution is 5.81. The van der Waals surface area contributed by atoms with E-state index in [1.807, 2.05) is 85.5 Å². The van der Waals surface area contributed by atoms with E-state index in [0.29, 0.717) is 26.1 Å². The fourth-order valence-corrected chi connectivity index (χ4v) is 4.97. The Balaban J connectivity index is 1.34. The molecule has 6 heteroatoms. The Kier molecular flexibility index (Phi) is 6.55. The Hall–Kier alpha value is -3.64. The van der Waals surface area contributed by atoms with E-state index in [1.54, 1.807) is 0 Å². The highest BCUT2D eigenvalue weighted by Gasteiger charge is 2.34. The fraction of sp³-hybridized carbons (Fsp3) is 0.310. The van der Waals surface area contributed by atoms with E-state index in [4.69, 9.17) is 9.72 Å².